The molecule has 5 nitrogen and oxygen atoms in total. The third kappa shape index (κ3) is 2.58. The lowest BCUT2D eigenvalue weighted by atomic mass is 9.94. The van der Waals surface area contributed by atoms with E-state index in [-0.39, 0.29) is 11.9 Å². The van der Waals surface area contributed by atoms with Crippen LogP contribution in [0.3, 0.4) is 0 Å². The van der Waals surface area contributed by atoms with Crippen LogP contribution >= 0.6 is 0 Å². The Bertz CT molecular complexity index is 810. The van der Waals surface area contributed by atoms with Crippen molar-refractivity contribution >= 4 is 5.91 Å². The third-order valence-corrected chi connectivity index (χ3v) is 6.15. The molecule has 2 heterocycles. The number of carbonyl (C=O) groups is 1. The molecule has 0 bridgehead atoms. The van der Waals surface area contributed by atoms with Gasteiger partial charge in [-0.2, -0.15) is 5.10 Å². The molecule has 1 saturated heterocycles. The van der Waals surface area contributed by atoms with E-state index >= 15 is 0 Å². The monoisotopic (exact) mass is 336 g/mol. The zero-order chi connectivity index (χ0) is 17.0. The number of amides is 1. The maximum atomic E-state index is 12.8. The second-order valence-corrected chi connectivity index (χ2v) is 7.85. The molecule has 2 aromatic rings. The van der Waals surface area contributed by atoms with Gasteiger partial charge in [0.05, 0.1) is 6.04 Å². The van der Waals surface area contributed by atoms with Gasteiger partial charge in [0.25, 0.3) is 5.91 Å². The molecule has 3 aliphatic rings. The third-order valence-electron chi connectivity index (χ3n) is 6.15. The second-order valence-electron chi connectivity index (χ2n) is 7.85. The van der Waals surface area contributed by atoms with Gasteiger partial charge < -0.3 is 10.2 Å². The summed E-state index contributed by atoms with van der Waals surface area (Å²) < 4.78 is 1.64. The van der Waals surface area contributed by atoms with Crippen molar-refractivity contribution in [2.75, 3.05) is 19.6 Å². The minimum absolute atomic E-state index is 0.0268. The first kappa shape index (κ1) is 15.1. The molecule has 5 heteroatoms. The normalized spacial score (nSPS) is 28.0. The van der Waals surface area contributed by atoms with Crippen molar-refractivity contribution in [3.05, 3.63) is 53.3 Å². The van der Waals surface area contributed by atoms with Gasteiger partial charge in [-0.1, -0.05) is 24.3 Å². The molecular formula is C20H24N4O. The van der Waals surface area contributed by atoms with Gasteiger partial charge in [0.1, 0.15) is 5.69 Å². The Morgan fingerprint density at radius 2 is 2.00 bits per heavy atom. The molecule has 0 spiro atoms. The lowest BCUT2D eigenvalue weighted by molar-refractivity contribution is 0.0914. The van der Waals surface area contributed by atoms with Crippen LogP contribution in [0.25, 0.3) is 0 Å². The van der Waals surface area contributed by atoms with Crippen molar-refractivity contribution < 1.29 is 4.79 Å². The predicted molar refractivity (Wildman–Crippen MR) is 95.3 cm³/mol. The predicted octanol–water partition coefficient (Wildman–Crippen LogP) is 2.33. The Morgan fingerprint density at radius 1 is 1.20 bits per heavy atom. The molecule has 0 unspecified atom stereocenters. The Kier molecular flexibility index (Phi) is 3.45. The van der Waals surface area contributed by atoms with E-state index in [0.29, 0.717) is 17.5 Å². The van der Waals surface area contributed by atoms with Crippen LogP contribution in [0.2, 0.25) is 0 Å². The van der Waals surface area contributed by atoms with Crippen LogP contribution in [0.1, 0.15) is 46.4 Å². The number of likely N-dealkylation sites (tertiary alicyclic amines) is 1. The SMILES string of the molecule is Cn1nccc1C(=O)N[C@@H]1c2ccccc2[C@@H]2CN(CC3CC3)C[C@H]12. The summed E-state index contributed by atoms with van der Waals surface area (Å²) in [6.07, 6.45) is 4.46. The fourth-order valence-corrected chi connectivity index (χ4v) is 4.75. The van der Waals surface area contributed by atoms with E-state index in [4.69, 9.17) is 0 Å². The summed E-state index contributed by atoms with van der Waals surface area (Å²) in [6.45, 7) is 3.46. The lowest BCUT2D eigenvalue weighted by Crippen LogP contribution is -2.34. The summed E-state index contributed by atoms with van der Waals surface area (Å²) >= 11 is 0. The Morgan fingerprint density at radius 3 is 2.72 bits per heavy atom. The number of hydrogen-bond acceptors (Lipinski definition) is 3. The maximum absolute atomic E-state index is 12.8. The Hall–Kier alpha value is -2.14. The van der Waals surface area contributed by atoms with Gasteiger partial charge in [-0.3, -0.25) is 9.48 Å². The summed E-state index contributed by atoms with van der Waals surface area (Å²) in [5.74, 6) is 1.91. The fourth-order valence-electron chi connectivity index (χ4n) is 4.75. The average molecular weight is 336 g/mol. The molecule has 1 saturated carbocycles. The summed E-state index contributed by atoms with van der Waals surface area (Å²) in [6, 6.07) is 10.5. The summed E-state index contributed by atoms with van der Waals surface area (Å²) in [5.41, 5.74) is 3.36. The van der Waals surface area contributed by atoms with Gasteiger partial charge in [-0.25, -0.2) is 0 Å². The quantitative estimate of drug-likeness (QED) is 0.932. The summed E-state index contributed by atoms with van der Waals surface area (Å²) in [5, 5.41) is 7.44. The zero-order valence-electron chi connectivity index (χ0n) is 14.6. The molecule has 5 rings (SSSR count). The van der Waals surface area contributed by atoms with Crippen molar-refractivity contribution in [2.24, 2.45) is 18.9 Å². The van der Waals surface area contributed by atoms with Crippen molar-refractivity contribution in [1.82, 2.24) is 20.0 Å². The van der Waals surface area contributed by atoms with Crippen LogP contribution in [-0.2, 0) is 7.05 Å². The topological polar surface area (TPSA) is 50.2 Å². The standard InChI is InChI=1S/C20H24N4O/c1-23-18(8-9-21-23)20(25)22-19-15-5-3-2-4-14(15)16-11-24(12-17(16)19)10-13-6-7-13/h2-5,8-9,13,16-17,19H,6-7,10-12H2,1H3,(H,22,25)/t16-,17-,19+/m0/s1. The molecule has 25 heavy (non-hydrogen) atoms. The molecule has 1 amide bonds. The van der Waals surface area contributed by atoms with Crippen molar-refractivity contribution in [3.8, 4) is 0 Å². The molecule has 2 fully saturated rings. The highest BCUT2D eigenvalue weighted by atomic mass is 16.2. The van der Waals surface area contributed by atoms with Crippen LogP contribution in [0.5, 0.6) is 0 Å². The van der Waals surface area contributed by atoms with Gasteiger partial charge in [0, 0.05) is 44.7 Å². The van der Waals surface area contributed by atoms with E-state index in [0.717, 1.165) is 19.0 Å². The van der Waals surface area contributed by atoms with Crippen LogP contribution < -0.4 is 5.32 Å². The molecule has 1 aliphatic heterocycles. The first-order chi connectivity index (χ1) is 12.2. The van der Waals surface area contributed by atoms with E-state index in [9.17, 15) is 4.79 Å². The number of nitrogens with one attached hydrogen (secondary N) is 1. The maximum Gasteiger partial charge on any atom is 0.270 e. The number of nitrogens with zero attached hydrogens (tertiary/aromatic N) is 3. The Labute approximate surface area is 148 Å². The molecule has 1 aromatic carbocycles. The number of hydrogen-bond donors (Lipinski definition) is 1. The van der Waals surface area contributed by atoms with E-state index < -0.39 is 0 Å². The molecule has 1 N–H and O–H groups in total. The number of carbonyl (C=O) groups excluding carboxylic acids is 1. The second kappa shape index (κ2) is 5.70. The highest BCUT2D eigenvalue weighted by Gasteiger charge is 2.47. The minimum atomic E-state index is -0.0268. The van der Waals surface area contributed by atoms with Crippen LogP contribution in [0, 0.1) is 11.8 Å². The van der Waals surface area contributed by atoms with Crippen molar-refractivity contribution in [3.63, 3.8) is 0 Å². The smallest absolute Gasteiger partial charge is 0.270 e. The average Bonchev–Trinajstić information content (AvgIpc) is 3.04. The van der Waals surface area contributed by atoms with Gasteiger partial charge in [-0.15, -0.1) is 0 Å². The largest absolute Gasteiger partial charge is 0.344 e. The highest BCUT2D eigenvalue weighted by molar-refractivity contribution is 5.92. The number of aromatic nitrogens is 2. The van der Waals surface area contributed by atoms with E-state index in [1.54, 1.807) is 16.9 Å². The van der Waals surface area contributed by atoms with E-state index in [2.05, 4.69) is 39.6 Å². The highest BCUT2D eigenvalue weighted by Crippen LogP contribution is 2.49. The van der Waals surface area contributed by atoms with Gasteiger partial charge >= 0.3 is 0 Å². The van der Waals surface area contributed by atoms with Crippen molar-refractivity contribution in [1.29, 1.82) is 0 Å². The van der Waals surface area contributed by atoms with Gasteiger partial charge in [0.2, 0.25) is 0 Å². The molecule has 2 aliphatic carbocycles. The molecule has 130 valence electrons. The van der Waals surface area contributed by atoms with Crippen LogP contribution in [0.15, 0.2) is 36.5 Å². The van der Waals surface area contributed by atoms with Gasteiger partial charge in [-0.05, 0) is 36.0 Å². The Balaban J connectivity index is 1.41. The lowest BCUT2D eigenvalue weighted by Gasteiger charge is -2.23. The fraction of sp³-hybridized carbons (Fsp3) is 0.500. The minimum Gasteiger partial charge on any atom is -0.344 e. The number of benzene rings is 1. The summed E-state index contributed by atoms with van der Waals surface area (Å²) in [4.78, 5) is 15.4. The zero-order valence-corrected chi connectivity index (χ0v) is 14.6. The number of aryl methyl sites for hydroxylation is 1. The first-order valence-corrected chi connectivity index (χ1v) is 9.31. The first-order valence-electron chi connectivity index (χ1n) is 9.31. The van der Waals surface area contributed by atoms with E-state index in [1.165, 1.54) is 30.5 Å². The van der Waals surface area contributed by atoms with Crippen molar-refractivity contribution in [2.45, 2.75) is 24.8 Å². The molecule has 1 aromatic heterocycles. The van der Waals surface area contributed by atoms with E-state index in [1.807, 2.05) is 7.05 Å². The number of rotatable bonds is 4. The van der Waals surface area contributed by atoms with Crippen LogP contribution in [0.4, 0.5) is 0 Å². The molecule has 3 atom stereocenters. The summed E-state index contributed by atoms with van der Waals surface area (Å²) in [7, 11) is 1.81. The van der Waals surface area contributed by atoms with Gasteiger partial charge in [0.15, 0.2) is 0 Å². The van der Waals surface area contributed by atoms with Crippen LogP contribution in [-0.4, -0.2) is 40.2 Å². The number of fused-ring (bicyclic) bond motifs is 3. The molecular weight excluding hydrogens is 312 g/mol. The molecule has 0 radical (unpaired) electrons.